The fourth-order valence-corrected chi connectivity index (χ4v) is 5.04. The summed E-state index contributed by atoms with van der Waals surface area (Å²) in [5, 5.41) is 7.14. The summed E-state index contributed by atoms with van der Waals surface area (Å²) >= 11 is 0. The number of aromatic nitrogens is 3. The lowest BCUT2D eigenvalue weighted by atomic mass is 9.74. The van der Waals surface area contributed by atoms with Crippen molar-refractivity contribution in [3.05, 3.63) is 36.1 Å². The molecule has 158 valence electrons. The van der Waals surface area contributed by atoms with E-state index in [1.165, 1.54) is 17.3 Å². The van der Waals surface area contributed by atoms with E-state index in [9.17, 15) is 14.0 Å². The number of rotatable bonds is 0. The molecule has 0 aliphatic carbocycles. The Balaban J connectivity index is 1.62. The van der Waals surface area contributed by atoms with E-state index in [2.05, 4.69) is 15.3 Å². The van der Waals surface area contributed by atoms with Crippen LogP contribution in [0.15, 0.2) is 30.5 Å². The summed E-state index contributed by atoms with van der Waals surface area (Å²) in [5.41, 5.74) is 0.0544. The molecule has 1 N–H and O–H groups in total. The Bertz CT molecular complexity index is 1050. The molecule has 0 saturated carbocycles. The van der Waals surface area contributed by atoms with Crippen LogP contribution in [0.1, 0.15) is 49.4 Å². The Morgan fingerprint density at radius 1 is 1.23 bits per heavy atom. The van der Waals surface area contributed by atoms with Crippen LogP contribution in [0.3, 0.4) is 0 Å². The lowest BCUT2D eigenvalue weighted by molar-refractivity contribution is -0.141. The highest BCUT2D eigenvalue weighted by atomic mass is 19.1. The Morgan fingerprint density at radius 3 is 2.97 bits per heavy atom. The summed E-state index contributed by atoms with van der Waals surface area (Å²) in [5.74, 6) is 0.175. The minimum absolute atomic E-state index is 0.0363. The number of allylic oxidation sites excluding steroid dienone is 1. The van der Waals surface area contributed by atoms with Crippen LogP contribution in [-0.2, 0) is 4.79 Å². The Kier molecular flexibility index (Phi) is 4.48. The number of halogens is 1. The molecule has 30 heavy (non-hydrogen) atoms. The van der Waals surface area contributed by atoms with Gasteiger partial charge in [0, 0.05) is 44.5 Å². The zero-order valence-corrected chi connectivity index (χ0v) is 17.0. The van der Waals surface area contributed by atoms with Crippen molar-refractivity contribution in [1.29, 1.82) is 0 Å². The van der Waals surface area contributed by atoms with Crippen LogP contribution >= 0.6 is 0 Å². The number of hydrogen-bond donors (Lipinski definition) is 1. The van der Waals surface area contributed by atoms with Gasteiger partial charge >= 0.3 is 0 Å². The zero-order chi connectivity index (χ0) is 20.9. The summed E-state index contributed by atoms with van der Waals surface area (Å²) in [6, 6.07) is 1.69. The van der Waals surface area contributed by atoms with Crippen molar-refractivity contribution in [2.45, 2.75) is 45.1 Å². The van der Waals surface area contributed by atoms with Gasteiger partial charge in [-0.15, -0.1) is 0 Å². The molecule has 9 heteroatoms. The van der Waals surface area contributed by atoms with E-state index in [1.54, 1.807) is 10.7 Å². The quantitative estimate of drug-likeness (QED) is 0.718. The molecule has 2 amide bonds. The molecule has 2 aromatic heterocycles. The van der Waals surface area contributed by atoms with Gasteiger partial charge in [-0.2, -0.15) is 5.10 Å². The number of nitrogens with one attached hydrogen (secondary N) is 1. The smallest absolute Gasteiger partial charge is 0.256 e. The third-order valence-electron chi connectivity index (χ3n) is 6.57. The molecule has 5 heterocycles. The molecule has 5 rings (SSSR count). The van der Waals surface area contributed by atoms with Crippen LogP contribution in [-0.4, -0.2) is 57.0 Å². The molecular formula is C21H25FN6O2. The highest BCUT2D eigenvalue weighted by molar-refractivity contribution is 5.99. The molecule has 1 unspecified atom stereocenters. The number of anilines is 1. The first-order chi connectivity index (χ1) is 14.5. The van der Waals surface area contributed by atoms with E-state index in [0.717, 1.165) is 19.4 Å². The highest BCUT2D eigenvalue weighted by Crippen LogP contribution is 2.44. The molecule has 8 nitrogen and oxygen atoms in total. The SMILES string of the molecule is CC12CC(F)=CN(CCCCNC(=O)c3cnn4ccc(nc34)N3CCC[C@@H]31)C2=O. The van der Waals surface area contributed by atoms with E-state index in [4.69, 9.17) is 4.98 Å². The van der Waals surface area contributed by atoms with Crippen molar-refractivity contribution in [3.8, 4) is 0 Å². The van der Waals surface area contributed by atoms with Crippen molar-refractivity contribution in [2.75, 3.05) is 24.5 Å². The molecule has 0 aromatic carbocycles. The monoisotopic (exact) mass is 412 g/mol. The molecular weight excluding hydrogens is 387 g/mol. The predicted molar refractivity (Wildman–Crippen MR) is 109 cm³/mol. The molecule has 2 atom stereocenters. The summed E-state index contributed by atoms with van der Waals surface area (Å²) in [6.07, 6.45) is 7.82. The molecule has 4 bridgehead atoms. The molecule has 2 aromatic rings. The van der Waals surface area contributed by atoms with Gasteiger partial charge in [0.1, 0.15) is 17.2 Å². The van der Waals surface area contributed by atoms with Crippen LogP contribution in [0.4, 0.5) is 10.2 Å². The number of nitrogens with zero attached hydrogens (tertiary/aromatic N) is 5. The Labute approximate surface area is 173 Å². The molecule has 0 spiro atoms. The number of hydrogen-bond acceptors (Lipinski definition) is 5. The number of carbonyl (C=O) groups is 2. The van der Waals surface area contributed by atoms with Gasteiger partial charge in [-0.1, -0.05) is 0 Å². The highest BCUT2D eigenvalue weighted by Gasteiger charge is 2.50. The van der Waals surface area contributed by atoms with E-state index >= 15 is 0 Å². The summed E-state index contributed by atoms with van der Waals surface area (Å²) in [4.78, 5) is 34.4. The minimum atomic E-state index is -0.861. The molecule has 1 saturated heterocycles. The molecule has 3 aliphatic heterocycles. The van der Waals surface area contributed by atoms with Crippen LogP contribution < -0.4 is 10.2 Å². The van der Waals surface area contributed by atoms with Crippen LogP contribution in [0, 0.1) is 5.41 Å². The second kappa shape index (κ2) is 7.07. The fraction of sp³-hybridized carbons (Fsp3) is 0.524. The Hall–Kier alpha value is -2.97. The minimum Gasteiger partial charge on any atom is -0.352 e. The largest absolute Gasteiger partial charge is 0.352 e. The lowest BCUT2D eigenvalue weighted by Gasteiger charge is -2.44. The van der Waals surface area contributed by atoms with E-state index in [1.807, 2.05) is 13.0 Å². The average Bonchev–Trinajstić information content (AvgIpc) is 3.37. The second-order valence-electron chi connectivity index (χ2n) is 8.60. The lowest BCUT2D eigenvalue weighted by Crippen LogP contribution is -2.54. The maximum atomic E-state index is 14.7. The van der Waals surface area contributed by atoms with Gasteiger partial charge in [0.2, 0.25) is 5.91 Å². The van der Waals surface area contributed by atoms with Gasteiger partial charge in [0.25, 0.3) is 5.91 Å². The number of fused-ring (bicyclic) bond motifs is 6. The topological polar surface area (TPSA) is 82.8 Å². The number of amides is 2. The van der Waals surface area contributed by atoms with Gasteiger partial charge in [-0.25, -0.2) is 13.9 Å². The first kappa shape index (κ1) is 19.0. The van der Waals surface area contributed by atoms with Gasteiger partial charge in [0.05, 0.1) is 11.6 Å². The average molecular weight is 412 g/mol. The van der Waals surface area contributed by atoms with E-state index in [-0.39, 0.29) is 30.1 Å². The van der Waals surface area contributed by atoms with Gasteiger partial charge in [0.15, 0.2) is 5.65 Å². The van der Waals surface area contributed by atoms with Crippen LogP contribution in [0.25, 0.3) is 5.65 Å². The standard InChI is InChI=1S/C21H25FN6O2/c1-21-11-14(22)13-26(20(21)30)8-3-2-7-23-19(29)15-12-24-28-10-6-17(25-18(15)28)27-9-4-5-16(21)27/h6,10,12-13,16H,2-5,7-9,11H2,1H3,(H,23,29)/t16-,21?/m1/s1. The van der Waals surface area contributed by atoms with Crippen molar-refractivity contribution in [2.24, 2.45) is 5.41 Å². The van der Waals surface area contributed by atoms with Gasteiger partial charge in [-0.05, 0) is 38.7 Å². The van der Waals surface area contributed by atoms with Crippen molar-refractivity contribution in [1.82, 2.24) is 24.8 Å². The van der Waals surface area contributed by atoms with Crippen molar-refractivity contribution in [3.63, 3.8) is 0 Å². The summed E-state index contributed by atoms with van der Waals surface area (Å²) in [6.45, 7) is 3.52. The van der Waals surface area contributed by atoms with Gasteiger partial charge < -0.3 is 15.1 Å². The normalized spacial score (nSPS) is 27.5. The fourth-order valence-electron chi connectivity index (χ4n) is 5.04. The van der Waals surface area contributed by atoms with Crippen molar-refractivity contribution >= 4 is 23.3 Å². The maximum Gasteiger partial charge on any atom is 0.256 e. The number of carbonyl (C=O) groups excluding carboxylic acids is 2. The Morgan fingerprint density at radius 2 is 2.10 bits per heavy atom. The second-order valence-corrected chi connectivity index (χ2v) is 8.60. The molecule has 0 radical (unpaired) electrons. The zero-order valence-electron chi connectivity index (χ0n) is 17.0. The van der Waals surface area contributed by atoms with Gasteiger partial charge in [-0.3, -0.25) is 9.59 Å². The van der Waals surface area contributed by atoms with E-state index in [0.29, 0.717) is 43.0 Å². The van der Waals surface area contributed by atoms with E-state index < -0.39 is 5.41 Å². The summed E-state index contributed by atoms with van der Waals surface area (Å²) < 4.78 is 16.2. The molecule has 1 fully saturated rings. The van der Waals surface area contributed by atoms with Crippen LogP contribution in [0.2, 0.25) is 0 Å². The molecule has 3 aliphatic rings. The maximum absolute atomic E-state index is 14.7. The first-order valence-electron chi connectivity index (χ1n) is 10.5. The predicted octanol–water partition coefficient (Wildman–Crippen LogP) is 2.27. The third-order valence-corrected chi connectivity index (χ3v) is 6.57. The first-order valence-corrected chi connectivity index (χ1v) is 10.5. The third kappa shape index (κ3) is 2.95. The summed E-state index contributed by atoms with van der Waals surface area (Å²) in [7, 11) is 0. The van der Waals surface area contributed by atoms with Crippen molar-refractivity contribution < 1.29 is 14.0 Å². The van der Waals surface area contributed by atoms with Crippen LogP contribution in [0.5, 0.6) is 0 Å².